The minimum absolute atomic E-state index is 0.166. The fourth-order valence-electron chi connectivity index (χ4n) is 6.42. The third-order valence-electron chi connectivity index (χ3n) is 7.42. The predicted octanol–water partition coefficient (Wildman–Crippen LogP) is 5.72. The Labute approximate surface area is 189 Å². The van der Waals surface area contributed by atoms with Crippen molar-refractivity contribution in [2.45, 2.75) is 82.9 Å². The van der Waals surface area contributed by atoms with Gasteiger partial charge in [0.05, 0.1) is 17.2 Å². The van der Waals surface area contributed by atoms with Crippen LogP contribution in [0.2, 0.25) is 10.0 Å². The second-order valence-corrected chi connectivity index (χ2v) is 10.8. The fourth-order valence-corrected chi connectivity index (χ4v) is 6.88. The number of aliphatic hydroxyl groups is 1. The van der Waals surface area contributed by atoms with E-state index in [-0.39, 0.29) is 18.0 Å². The smallest absolute Gasteiger partial charge is 0.223 e. The van der Waals surface area contributed by atoms with Crippen molar-refractivity contribution in [3.8, 4) is 5.75 Å². The third-order valence-corrected chi connectivity index (χ3v) is 7.95. The molecule has 5 atom stereocenters. The number of hydrogen-bond donors (Lipinski definition) is 1. The molecular weight excluding hydrogens is 421 g/mol. The zero-order valence-electron chi connectivity index (χ0n) is 17.9. The molecule has 5 unspecified atom stereocenters. The van der Waals surface area contributed by atoms with E-state index in [1.807, 2.05) is 0 Å². The van der Waals surface area contributed by atoms with Crippen LogP contribution in [0.25, 0.3) is 0 Å². The lowest BCUT2D eigenvalue weighted by atomic mass is 9.77. The maximum Gasteiger partial charge on any atom is 0.223 e. The van der Waals surface area contributed by atoms with Gasteiger partial charge in [0, 0.05) is 23.5 Å². The van der Waals surface area contributed by atoms with E-state index in [1.165, 1.54) is 6.42 Å². The molecule has 0 saturated heterocycles. The number of ether oxygens (including phenoxy) is 1. The van der Waals surface area contributed by atoms with Gasteiger partial charge in [-0.3, -0.25) is 4.79 Å². The first-order valence-electron chi connectivity index (χ1n) is 11.4. The zero-order valence-corrected chi connectivity index (χ0v) is 19.5. The molecule has 3 fully saturated rings. The lowest BCUT2D eigenvalue weighted by Crippen LogP contribution is -2.49. The molecule has 3 bridgehead atoms. The Bertz CT molecular complexity index is 786. The highest BCUT2D eigenvalue weighted by molar-refractivity contribution is 6.35. The summed E-state index contributed by atoms with van der Waals surface area (Å²) in [5.74, 6) is 2.45. The van der Waals surface area contributed by atoms with Crippen molar-refractivity contribution >= 4 is 29.1 Å². The lowest BCUT2D eigenvalue weighted by molar-refractivity contribution is -0.138. The maximum atomic E-state index is 13.2. The summed E-state index contributed by atoms with van der Waals surface area (Å²) in [6.07, 6.45) is 7.32. The largest absolute Gasteiger partial charge is 0.492 e. The molecule has 166 valence electrons. The third kappa shape index (κ3) is 4.61. The highest BCUT2D eigenvalue weighted by atomic mass is 35.5. The molecule has 1 N–H and O–H groups in total. The number of hydrogen-bond acceptors (Lipinski definition) is 3. The first kappa shape index (κ1) is 22.2. The average molecular weight is 454 g/mol. The van der Waals surface area contributed by atoms with Crippen LogP contribution in [0.3, 0.4) is 0 Å². The summed E-state index contributed by atoms with van der Waals surface area (Å²) >= 11 is 12.1. The van der Waals surface area contributed by atoms with Crippen LogP contribution in [0, 0.1) is 17.8 Å². The van der Waals surface area contributed by atoms with Crippen molar-refractivity contribution in [1.29, 1.82) is 0 Å². The van der Waals surface area contributed by atoms with Crippen LogP contribution in [-0.2, 0) is 4.79 Å². The summed E-state index contributed by atoms with van der Waals surface area (Å²) in [6.45, 7) is 4.68. The monoisotopic (exact) mass is 453 g/mol. The van der Waals surface area contributed by atoms with Crippen molar-refractivity contribution in [3.63, 3.8) is 0 Å². The summed E-state index contributed by atoms with van der Waals surface area (Å²) in [5.41, 5.74) is -0.478. The number of carbonyl (C=O) groups excluding carboxylic acids is 1. The molecule has 0 radical (unpaired) electrons. The van der Waals surface area contributed by atoms with E-state index in [2.05, 4.69) is 18.7 Å². The van der Waals surface area contributed by atoms with Crippen LogP contribution >= 0.6 is 23.2 Å². The Kier molecular flexibility index (Phi) is 6.58. The molecule has 0 aromatic heterocycles. The highest BCUT2D eigenvalue weighted by Gasteiger charge is 2.54. The molecule has 0 spiro atoms. The van der Waals surface area contributed by atoms with Gasteiger partial charge in [-0.05, 0) is 94.7 Å². The molecule has 4 rings (SSSR count). The van der Waals surface area contributed by atoms with Crippen LogP contribution in [0.5, 0.6) is 5.75 Å². The Morgan fingerprint density at radius 2 is 2.07 bits per heavy atom. The van der Waals surface area contributed by atoms with Gasteiger partial charge in [-0.25, -0.2) is 0 Å². The average Bonchev–Trinajstić information content (AvgIpc) is 2.83. The van der Waals surface area contributed by atoms with Gasteiger partial charge in [-0.15, -0.1) is 0 Å². The summed E-state index contributed by atoms with van der Waals surface area (Å²) in [7, 11) is 0. The fraction of sp³-hybridized carbons (Fsp3) is 0.708. The molecule has 4 nitrogen and oxygen atoms in total. The minimum atomic E-state index is -0.478. The van der Waals surface area contributed by atoms with E-state index >= 15 is 0 Å². The van der Waals surface area contributed by atoms with Gasteiger partial charge in [0.2, 0.25) is 5.91 Å². The summed E-state index contributed by atoms with van der Waals surface area (Å²) < 4.78 is 5.76. The SMILES string of the molecule is CC(C)N(C(=O)CCCOc1ccc(Cl)cc1Cl)C1CCC2CC3CC(O)(C2)CC31. The molecule has 1 aromatic carbocycles. The normalized spacial score (nSPS) is 32.3. The van der Waals surface area contributed by atoms with Crippen molar-refractivity contribution in [2.24, 2.45) is 17.8 Å². The standard InChI is InChI=1S/C24H33Cl2NO3/c1-15(2)27(21-7-5-16-10-17-13-24(29,12-16)14-19(17)21)23(28)4-3-9-30-22-8-6-18(25)11-20(22)26/h6,8,11,15-17,19,21,29H,3-5,7,9-10,12-14H2,1-2H3. The predicted molar refractivity (Wildman–Crippen MR) is 120 cm³/mol. The molecule has 1 amide bonds. The summed E-state index contributed by atoms with van der Waals surface area (Å²) in [6, 6.07) is 5.59. The van der Waals surface area contributed by atoms with Crippen LogP contribution in [0.4, 0.5) is 0 Å². The summed E-state index contributed by atoms with van der Waals surface area (Å²) in [4.78, 5) is 15.4. The molecule has 0 aliphatic heterocycles. The summed E-state index contributed by atoms with van der Waals surface area (Å²) in [5, 5.41) is 12.0. The minimum Gasteiger partial charge on any atom is -0.492 e. The lowest BCUT2D eigenvalue weighted by Gasteiger charge is -2.40. The van der Waals surface area contributed by atoms with Crippen molar-refractivity contribution in [1.82, 2.24) is 4.90 Å². The van der Waals surface area contributed by atoms with E-state index in [0.29, 0.717) is 53.0 Å². The van der Waals surface area contributed by atoms with Gasteiger partial charge in [0.1, 0.15) is 5.75 Å². The van der Waals surface area contributed by atoms with E-state index < -0.39 is 5.60 Å². The molecule has 3 saturated carbocycles. The second-order valence-electron chi connectivity index (χ2n) is 9.93. The Morgan fingerprint density at radius 3 is 2.80 bits per heavy atom. The number of fused-ring (bicyclic) bond motifs is 2. The number of rotatable bonds is 7. The number of carbonyl (C=O) groups is 1. The Balaban J connectivity index is 1.36. The van der Waals surface area contributed by atoms with E-state index in [0.717, 1.165) is 32.1 Å². The van der Waals surface area contributed by atoms with E-state index in [1.54, 1.807) is 18.2 Å². The van der Waals surface area contributed by atoms with Crippen LogP contribution in [-0.4, -0.2) is 40.2 Å². The quantitative estimate of drug-likeness (QED) is 0.537. The molecule has 3 aliphatic carbocycles. The van der Waals surface area contributed by atoms with Gasteiger partial charge in [0.25, 0.3) is 0 Å². The zero-order chi connectivity index (χ0) is 21.5. The maximum absolute atomic E-state index is 13.2. The van der Waals surface area contributed by atoms with Gasteiger partial charge >= 0.3 is 0 Å². The molecule has 3 aliphatic rings. The molecule has 1 aromatic rings. The highest BCUT2D eigenvalue weighted by Crippen LogP contribution is 2.56. The van der Waals surface area contributed by atoms with Gasteiger partial charge in [-0.2, -0.15) is 0 Å². The van der Waals surface area contributed by atoms with Crippen LogP contribution in [0.1, 0.15) is 65.2 Å². The first-order valence-corrected chi connectivity index (χ1v) is 12.1. The number of amides is 1. The Morgan fingerprint density at radius 1 is 1.27 bits per heavy atom. The first-order chi connectivity index (χ1) is 14.3. The Hall–Kier alpha value is -0.970. The molecule has 0 heterocycles. The second kappa shape index (κ2) is 8.88. The number of nitrogens with zero attached hydrogens (tertiary/aromatic N) is 1. The van der Waals surface area contributed by atoms with Crippen molar-refractivity contribution < 1.29 is 14.6 Å². The van der Waals surface area contributed by atoms with Crippen LogP contribution in [0.15, 0.2) is 18.2 Å². The number of benzene rings is 1. The van der Waals surface area contributed by atoms with E-state index in [9.17, 15) is 9.90 Å². The van der Waals surface area contributed by atoms with Crippen LogP contribution < -0.4 is 4.74 Å². The van der Waals surface area contributed by atoms with Crippen molar-refractivity contribution in [3.05, 3.63) is 28.2 Å². The molecular formula is C24H33Cl2NO3. The molecule has 6 heteroatoms. The van der Waals surface area contributed by atoms with E-state index in [4.69, 9.17) is 27.9 Å². The topological polar surface area (TPSA) is 49.8 Å². The van der Waals surface area contributed by atoms with Gasteiger partial charge in [-0.1, -0.05) is 23.2 Å². The molecule has 30 heavy (non-hydrogen) atoms. The van der Waals surface area contributed by atoms with Gasteiger partial charge in [0.15, 0.2) is 0 Å². The van der Waals surface area contributed by atoms with Crippen molar-refractivity contribution in [2.75, 3.05) is 6.61 Å². The number of halogens is 2. The van der Waals surface area contributed by atoms with Gasteiger partial charge < -0.3 is 14.7 Å².